The number of amidine groups is 1. The molecule has 2 rings (SSSR count). The molecule has 0 saturated carbocycles. The van der Waals surface area contributed by atoms with E-state index in [0.717, 1.165) is 37.0 Å². The summed E-state index contributed by atoms with van der Waals surface area (Å²) in [6.07, 6.45) is 2.43. The van der Waals surface area contributed by atoms with Crippen molar-refractivity contribution in [3.8, 4) is 0 Å². The Labute approximate surface area is 120 Å². The molecule has 1 aromatic rings. The first-order valence-corrected chi connectivity index (χ1v) is 7.32. The lowest BCUT2D eigenvalue weighted by Crippen LogP contribution is -2.35. The molecule has 3 N–H and O–H groups in total. The minimum absolute atomic E-state index is 0.0587. The first kappa shape index (κ1) is 15.0. The van der Waals surface area contributed by atoms with Crippen LogP contribution in [0.3, 0.4) is 0 Å². The van der Waals surface area contributed by atoms with Crippen molar-refractivity contribution in [1.29, 1.82) is 5.41 Å². The van der Waals surface area contributed by atoms with Gasteiger partial charge in [0.2, 0.25) is 0 Å². The molecule has 0 unspecified atom stereocenters. The van der Waals surface area contributed by atoms with Crippen molar-refractivity contribution in [3.63, 3.8) is 0 Å². The van der Waals surface area contributed by atoms with E-state index in [2.05, 4.69) is 18.7 Å². The molecule has 1 aliphatic heterocycles. The summed E-state index contributed by atoms with van der Waals surface area (Å²) in [5.74, 6) is 1.16. The molecule has 110 valence electrons. The van der Waals surface area contributed by atoms with Gasteiger partial charge in [-0.2, -0.15) is 0 Å². The average molecular weight is 277 g/mol. The summed E-state index contributed by atoms with van der Waals surface area (Å²) in [6.45, 7) is 7.46. The lowest BCUT2D eigenvalue weighted by Gasteiger charge is -2.34. The normalized spacial score (nSPS) is 17.6. The molecule has 0 spiro atoms. The quantitative estimate of drug-likeness (QED) is 0.656. The second-order valence-corrected chi connectivity index (χ2v) is 6.07. The highest BCUT2D eigenvalue weighted by molar-refractivity contribution is 5.96. The molecule has 0 aliphatic carbocycles. The molecule has 1 fully saturated rings. The molecule has 1 aromatic carbocycles. The van der Waals surface area contributed by atoms with Crippen molar-refractivity contribution >= 4 is 5.84 Å². The van der Waals surface area contributed by atoms with Gasteiger partial charge < -0.3 is 5.73 Å². The van der Waals surface area contributed by atoms with Crippen molar-refractivity contribution in [3.05, 3.63) is 35.1 Å². The Kier molecular flexibility index (Phi) is 4.76. The molecule has 4 heteroatoms. The maximum atomic E-state index is 13.3. The first-order chi connectivity index (χ1) is 9.47. The van der Waals surface area contributed by atoms with Gasteiger partial charge in [-0.3, -0.25) is 10.3 Å². The van der Waals surface area contributed by atoms with Crippen LogP contribution >= 0.6 is 0 Å². The number of nitrogens with two attached hydrogens (primary N) is 1. The van der Waals surface area contributed by atoms with Crippen molar-refractivity contribution in [2.24, 2.45) is 17.6 Å². The molecule has 20 heavy (non-hydrogen) atoms. The van der Waals surface area contributed by atoms with Gasteiger partial charge in [0.05, 0.1) is 0 Å². The Hall–Kier alpha value is -1.42. The van der Waals surface area contributed by atoms with Crippen LogP contribution in [-0.4, -0.2) is 23.8 Å². The van der Waals surface area contributed by atoms with Gasteiger partial charge in [0.25, 0.3) is 0 Å². The van der Waals surface area contributed by atoms with Crippen molar-refractivity contribution < 1.29 is 4.39 Å². The van der Waals surface area contributed by atoms with E-state index in [1.54, 1.807) is 6.07 Å². The van der Waals surface area contributed by atoms with Gasteiger partial charge in [-0.25, -0.2) is 4.39 Å². The fraction of sp³-hybridized carbons (Fsp3) is 0.562. The van der Waals surface area contributed by atoms with Gasteiger partial charge in [0.1, 0.15) is 11.7 Å². The molecule has 0 bridgehead atoms. The zero-order valence-corrected chi connectivity index (χ0v) is 12.3. The van der Waals surface area contributed by atoms with Gasteiger partial charge in [0, 0.05) is 12.1 Å². The Morgan fingerprint density at radius 2 is 2.05 bits per heavy atom. The molecular weight excluding hydrogens is 253 g/mol. The SMILES string of the molecule is CC(C)C1CCN(Cc2ccc(F)cc2C(=N)N)CC1. The van der Waals surface area contributed by atoms with Crippen LogP contribution in [0.1, 0.15) is 37.8 Å². The number of halogens is 1. The molecule has 0 amide bonds. The van der Waals surface area contributed by atoms with Crippen LogP contribution in [0.25, 0.3) is 0 Å². The van der Waals surface area contributed by atoms with E-state index >= 15 is 0 Å². The lowest BCUT2D eigenvalue weighted by molar-refractivity contribution is 0.152. The highest BCUT2D eigenvalue weighted by atomic mass is 19.1. The van der Waals surface area contributed by atoms with E-state index in [4.69, 9.17) is 11.1 Å². The summed E-state index contributed by atoms with van der Waals surface area (Å²) >= 11 is 0. The minimum Gasteiger partial charge on any atom is -0.384 e. The minimum atomic E-state index is -0.336. The smallest absolute Gasteiger partial charge is 0.123 e. The summed E-state index contributed by atoms with van der Waals surface area (Å²) in [7, 11) is 0. The van der Waals surface area contributed by atoms with Crippen LogP contribution in [0.2, 0.25) is 0 Å². The highest BCUT2D eigenvalue weighted by Crippen LogP contribution is 2.25. The number of nitrogens with one attached hydrogen (secondary N) is 1. The number of hydrogen-bond donors (Lipinski definition) is 2. The number of nitrogens with zero attached hydrogens (tertiary/aromatic N) is 1. The van der Waals surface area contributed by atoms with Crippen LogP contribution in [0, 0.1) is 23.1 Å². The number of likely N-dealkylation sites (tertiary alicyclic amines) is 1. The first-order valence-electron chi connectivity index (χ1n) is 7.32. The number of piperidine rings is 1. The van der Waals surface area contributed by atoms with E-state index in [0.29, 0.717) is 5.56 Å². The standard InChI is InChI=1S/C16H24FN3/c1-11(2)12-5-7-20(8-6-12)10-13-3-4-14(17)9-15(13)16(18)19/h3-4,9,11-12H,5-8,10H2,1-2H3,(H3,18,19). The maximum Gasteiger partial charge on any atom is 0.123 e. The second-order valence-electron chi connectivity index (χ2n) is 6.07. The third-order valence-electron chi connectivity index (χ3n) is 4.33. The van der Waals surface area contributed by atoms with Gasteiger partial charge in [-0.15, -0.1) is 0 Å². The molecule has 1 heterocycles. The summed E-state index contributed by atoms with van der Waals surface area (Å²) < 4.78 is 13.3. The summed E-state index contributed by atoms with van der Waals surface area (Å²) in [5.41, 5.74) is 7.02. The molecule has 0 aromatic heterocycles. The Morgan fingerprint density at radius 1 is 1.40 bits per heavy atom. The molecular formula is C16H24FN3. The predicted octanol–water partition coefficient (Wildman–Crippen LogP) is 2.98. The van der Waals surface area contributed by atoms with Crippen LogP contribution < -0.4 is 5.73 Å². The Bertz CT molecular complexity index is 477. The van der Waals surface area contributed by atoms with Gasteiger partial charge >= 0.3 is 0 Å². The second kappa shape index (κ2) is 6.35. The molecule has 0 atom stereocenters. The van der Waals surface area contributed by atoms with Crippen LogP contribution in [0.4, 0.5) is 4.39 Å². The molecule has 0 radical (unpaired) electrons. The lowest BCUT2D eigenvalue weighted by atomic mass is 9.86. The van der Waals surface area contributed by atoms with E-state index in [1.165, 1.54) is 25.0 Å². The maximum absolute atomic E-state index is 13.3. The van der Waals surface area contributed by atoms with E-state index < -0.39 is 0 Å². The molecule has 1 aliphatic rings. The average Bonchev–Trinajstić information content (AvgIpc) is 2.41. The molecule has 3 nitrogen and oxygen atoms in total. The largest absolute Gasteiger partial charge is 0.384 e. The van der Waals surface area contributed by atoms with Crippen LogP contribution in [0.15, 0.2) is 18.2 Å². The van der Waals surface area contributed by atoms with Crippen LogP contribution in [-0.2, 0) is 6.54 Å². The summed E-state index contributed by atoms with van der Waals surface area (Å²) in [4.78, 5) is 2.37. The Morgan fingerprint density at radius 3 is 2.60 bits per heavy atom. The van der Waals surface area contributed by atoms with E-state index in [1.807, 2.05) is 0 Å². The summed E-state index contributed by atoms with van der Waals surface area (Å²) in [5, 5.41) is 7.57. The monoisotopic (exact) mass is 277 g/mol. The van der Waals surface area contributed by atoms with Gasteiger partial charge in [-0.1, -0.05) is 19.9 Å². The van der Waals surface area contributed by atoms with Crippen molar-refractivity contribution in [2.45, 2.75) is 33.2 Å². The fourth-order valence-electron chi connectivity index (χ4n) is 2.96. The highest BCUT2D eigenvalue weighted by Gasteiger charge is 2.22. The van der Waals surface area contributed by atoms with Gasteiger partial charge in [0.15, 0.2) is 0 Å². The zero-order chi connectivity index (χ0) is 14.7. The fourth-order valence-corrected chi connectivity index (χ4v) is 2.96. The summed E-state index contributed by atoms with van der Waals surface area (Å²) in [6, 6.07) is 4.56. The van der Waals surface area contributed by atoms with Crippen molar-refractivity contribution in [1.82, 2.24) is 4.90 Å². The molecule has 1 saturated heterocycles. The zero-order valence-electron chi connectivity index (χ0n) is 12.3. The van der Waals surface area contributed by atoms with Crippen LogP contribution in [0.5, 0.6) is 0 Å². The number of nitrogen functional groups attached to an aromatic ring is 1. The predicted molar refractivity (Wildman–Crippen MR) is 80.3 cm³/mol. The number of benzene rings is 1. The van der Waals surface area contributed by atoms with Gasteiger partial charge in [-0.05, 0) is 55.5 Å². The third kappa shape index (κ3) is 3.57. The van der Waals surface area contributed by atoms with E-state index in [-0.39, 0.29) is 11.7 Å². The topological polar surface area (TPSA) is 53.1 Å². The van der Waals surface area contributed by atoms with E-state index in [9.17, 15) is 4.39 Å². The number of rotatable bonds is 4. The number of hydrogen-bond acceptors (Lipinski definition) is 2. The third-order valence-corrected chi connectivity index (χ3v) is 4.33. The van der Waals surface area contributed by atoms with Crippen molar-refractivity contribution in [2.75, 3.05) is 13.1 Å². The Balaban J connectivity index is 2.03.